The molecule has 14 heavy (non-hydrogen) atoms. The van der Waals surface area contributed by atoms with Crippen LogP contribution in [-0.2, 0) is 0 Å². The molecule has 74 valence electrons. The third-order valence-corrected chi connectivity index (χ3v) is 3.24. The topological polar surface area (TPSA) is 23.8 Å². The molecule has 0 spiro atoms. The molecule has 1 nitrogen and oxygen atoms in total. The molecule has 0 aliphatic rings. The molecule has 0 saturated heterocycles. The molecule has 0 heterocycles. The molecule has 1 atom stereocenters. The fourth-order valence-electron chi connectivity index (χ4n) is 1.24. The molecular formula is C12H15NS. The van der Waals surface area contributed by atoms with Crippen LogP contribution in [0.15, 0.2) is 29.2 Å². The van der Waals surface area contributed by atoms with Crippen molar-refractivity contribution in [3.05, 3.63) is 29.8 Å². The van der Waals surface area contributed by atoms with Crippen molar-refractivity contribution < 1.29 is 0 Å². The predicted molar refractivity (Wildman–Crippen MR) is 61.5 cm³/mol. The van der Waals surface area contributed by atoms with Crippen LogP contribution in [0, 0.1) is 11.3 Å². The molecule has 1 aromatic rings. The van der Waals surface area contributed by atoms with Crippen LogP contribution in [0.3, 0.4) is 0 Å². The summed E-state index contributed by atoms with van der Waals surface area (Å²) >= 11 is 1.59. The minimum atomic E-state index is 0.530. The van der Waals surface area contributed by atoms with Crippen molar-refractivity contribution in [3.63, 3.8) is 0 Å². The smallest absolute Gasteiger partial charge is 0.0855 e. The van der Waals surface area contributed by atoms with Crippen LogP contribution in [0.2, 0.25) is 0 Å². The Morgan fingerprint density at radius 1 is 1.36 bits per heavy atom. The van der Waals surface area contributed by atoms with E-state index >= 15 is 0 Å². The first kappa shape index (κ1) is 11.1. The second-order valence-electron chi connectivity index (χ2n) is 3.33. The first-order valence-corrected chi connectivity index (χ1v) is 5.86. The summed E-state index contributed by atoms with van der Waals surface area (Å²) in [5.41, 5.74) is 1.38. The summed E-state index contributed by atoms with van der Waals surface area (Å²) in [6.07, 6.45) is 1.17. The zero-order chi connectivity index (χ0) is 10.4. The Kier molecular flexibility index (Phi) is 4.55. The van der Waals surface area contributed by atoms with Crippen LogP contribution < -0.4 is 0 Å². The summed E-state index contributed by atoms with van der Waals surface area (Å²) in [6.45, 7) is 4.43. The number of nitriles is 1. The number of thioether (sulfide) groups is 1. The maximum Gasteiger partial charge on any atom is 0.0855 e. The van der Waals surface area contributed by atoms with Crippen molar-refractivity contribution in [3.8, 4) is 6.07 Å². The second kappa shape index (κ2) is 5.72. The lowest BCUT2D eigenvalue weighted by Crippen LogP contribution is -1.90. The SMILES string of the molecule is CCC(C)c1ccc(SCC#N)cc1. The maximum absolute atomic E-state index is 8.44. The molecule has 0 N–H and O–H groups in total. The molecule has 0 saturated carbocycles. The fraction of sp³-hybridized carbons (Fsp3) is 0.417. The quantitative estimate of drug-likeness (QED) is 0.698. The Balaban J connectivity index is 2.64. The third kappa shape index (κ3) is 3.08. The zero-order valence-corrected chi connectivity index (χ0v) is 9.47. The Morgan fingerprint density at radius 2 is 2.00 bits per heavy atom. The highest BCUT2D eigenvalue weighted by atomic mass is 32.2. The minimum Gasteiger partial charge on any atom is -0.197 e. The first-order valence-electron chi connectivity index (χ1n) is 4.87. The van der Waals surface area contributed by atoms with Crippen LogP contribution in [-0.4, -0.2) is 5.75 Å². The molecule has 0 radical (unpaired) electrons. The second-order valence-corrected chi connectivity index (χ2v) is 4.37. The summed E-state index contributed by atoms with van der Waals surface area (Å²) in [7, 11) is 0. The van der Waals surface area contributed by atoms with E-state index in [1.165, 1.54) is 16.9 Å². The summed E-state index contributed by atoms with van der Waals surface area (Å²) < 4.78 is 0. The third-order valence-electron chi connectivity index (χ3n) is 2.36. The molecule has 0 amide bonds. The highest BCUT2D eigenvalue weighted by Crippen LogP contribution is 2.23. The summed E-state index contributed by atoms with van der Waals surface area (Å²) in [6, 6.07) is 10.7. The standard InChI is InChI=1S/C12H15NS/c1-3-10(2)11-4-6-12(7-5-11)14-9-8-13/h4-7,10H,3,9H2,1-2H3. The largest absolute Gasteiger partial charge is 0.197 e. The molecule has 0 fully saturated rings. The van der Waals surface area contributed by atoms with Gasteiger partial charge in [-0.1, -0.05) is 26.0 Å². The van der Waals surface area contributed by atoms with E-state index in [-0.39, 0.29) is 0 Å². The van der Waals surface area contributed by atoms with E-state index in [1.54, 1.807) is 11.8 Å². The van der Waals surface area contributed by atoms with Crippen molar-refractivity contribution >= 4 is 11.8 Å². The summed E-state index contributed by atoms with van der Waals surface area (Å²) in [5.74, 6) is 1.16. The number of hydrogen-bond acceptors (Lipinski definition) is 2. The van der Waals surface area contributed by atoms with Gasteiger partial charge < -0.3 is 0 Å². The van der Waals surface area contributed by atoms with Crippen molar-refractivity contribution in [2.75, 3.05) is 5.75 Å². The van der Waals surface area contributed by atoms with Gasteiger partial charge in [-0.2, -0.15) is 5.26 Å². The van der Waals surface area contributed by atoms with E-state index in [0.717, 1.165) is 0 Å². The predicted octanol–water partition coefficient (Wildman–Crippen LogP) is 3.82. The molecule has 0 aliphatic heterocycles. The average Bonchev–Trinajstić information content (AvgIpc) is 2.26. The van der Waals surface area contributed by atoms with Gasteiger partial charge in [0.1, 0.15) is 0 Å². The monoisotopic (exact) mass is 205 g/mol. The van der Waals surface area contributed by atoms with Gasteiger partial charge in [0, 0.05) is 4.90 Å². The lowest BCUT2D eigenvalue weighted by atomic mass is 9.99. The van der Waals surface area contributed by atoms with Gasteiger partial charge in [-0.3, -0.25) is 0 Å². The van der Waals surface area contributed by atoms with Gasteiger partial charge in [0.05, 0.1) is 11.8 Å². The van der Waals surface area contributed by atoms with Crippen LogP contribution in [0.1, 0.15) is 31.7 Å². The maximum atomic E-state index is 8.44. The van der Waals surface area contributed by atoms with Crippen LogP contribution in [0.4, 0.5) is 0 Å². The van der Waals surface area contributed by atoms with E-state index in [9.17, 15) is 0 Å². The van der Waals surface area contributed by atoms with E-state index < -0.39 is 0 Å². The molecule has 1 aromatic carbocycles. The molecule has 1 rings (SSSR count). The lowest BCUT2D eigenvalue weighted by molar-refractivity contribution is 0.733. The molecule has 0 bridgehead atoms. The Labute approximate surface area is 90.1 Å². The molecular weight excluding hydrogens is 190 g/mol. The van der Waals surface area contributed by atoms with Gasteiger partial charge in [-0.05, 0) is 30.0 Å². The minimum absolute atomic E-state index is 0.530. The van der Waals surface area contributed by atoms with E-state index in [2.05, 4.69) is 44.2 Å². The van der Waals surface area contributed by atoms with E-state index in [4.69, 9.17) is 5.26 Å². The molecule has 2 heteroatoms. The van der Waals surface area contributed by atoms with Gasteiger partial charge in [-0.15, -0.1) is 11.8 Å². The van der Waals surface area contributed by atoms with Crippen molar-refractivity contribution in [1.82, 2.24) is 0 Å². The fourth-order valence-corrected chi connectivity index (χ4v) is 1.80. The number of hydrogen-bond donors (Lipinski definition) is 0. The highest BCUT2D eigenvalue weighted by molar-refractivity contribution is 7.99. The number of nitrogens with zero attached hydrogens (tertiary/aromatic N) is 1. The first-order chi connectivity index (χ1) is 6.77. The Bertz CT molecular complexity index is 310. The number of benzene rings is 1. The van der Waals surface area contributed by atoms with Crippen LogP contribution in [0.25, 0.3) is 0 Å². The Hall–Kier alpha value is -0.940. The molecule has 1 unspecified atom stereocenters. The Morgan fingerprint density at radius 3 is 2.50 bits per heavy atom. The van der Waals surface area contributed by atoms with E-state index in [1.807, 2.05) is 0 Å². The van der Waals surface area contributed by atoms with Crippen LogP contribution >= 0.6 is 11.8 Å². The molecule has 0 aromatic heterocycles. The van der Waals surface area contributed by atoms with E-state index in [0.29, 0.717) is 11.7 Å². The van der Waals surface area contributed by atoms with Crippen molar-refractivity contribution in [1.29, 1.82) is 5.26 Å². The highest BCUT2D eigenvalue weighted by Gasteiger charge is 2.01. The van der Waals surface area contributed by atoms with Gasteiger partial charge in [0.2, 0.25) is 0 Å². The van der Waals surface area contributed by atoms with Gasteiger partial charge in [0.15, 0.2) is 0 Å². The van der Waals surface area contributed by atoms with Gasteiger partial charge >= 0.3 is 0 Å². The van der Waals surface area contributed by atoms with Crippen molar-refractivity contribution in [2.45, 2.75) is 31.1 Å². The van der Waals surface area contributed by atoms with Crippen LogP contribution in [0.5, 0.6) is 0 Å². The normalized spacial score (nSPS) is 12.1. The van der Waals surface area contributed by atoms with Gasteiger partial charge in [-0.25, -0.2) is 0 Å². The summed E-state index contributed by atoms with van der Waals surface area (Å²) in [5, 5.41) is 8.44. The zero-order valence-electron chi connectivity index (χ0n) is 8.66. The average molecular weight is 205 g/mol. The lowest BCUT2D eigenvalue weighted by Gasteiger charge is -2.08. The van der Waals surface area contributed by atoms with Crippen molar-refractivity contribution in [2.24, 2.45) is 0 Å². The molecule has 0 aliphatic carbocycles. The summed E-state index contributed by atoms with van der Waals surface area (Å²) in [4.78, 5) is 1.18. The number of rotatable bonds is 4. The van der Waals surface area contributed by atoms with Gasteiger partial charge in [0.25, 0.3) is 0 Å².